The van der Waals surface area contributed by atoms with Crippen LogP contribution in [0.2, 0.25) is 0 Å². The lowest BCUT2D eigenvalue weighted by molar-refractivity contribution is 0.431. The van der Waals surface area contributed by atoms with Gasteiger partial charge >= 0.3 is 0 Å². The molecule has 14 heavy (non-hydrogen) atoms. The number of nitrogens with one attached hydrogen (secondary N) is 1. The van der Waals surface area contributed by atoms with Gasteiger partial charge in [0.1, 0.15) is 0 Å². The van der Waals surface area contributed by atoms with Crippen LogP contribution in [0.1, 0.15) is 33.1 Å². The molecule has 0 bridgehead atoms. The lowest BCUT2D eigenvalue weighted by Gasteiger charge is -2.22. The highest BCUT2D eigenvalue weighted by molar-refractivity contribution is 7.99. The van der Waals surface area contributed by atoms with Crippen LogP contribution in [0.3, 0.4) is 0 Å². The minimum absolute atomic E-state index is 0.785. The van der Waals surface area contributed by atoms with Gasteiger partial charge in [-0.2, -0.15) is 11.8 Å². The molecule has 0 amide bonds. The average Bonchev–Trinajstić information content (AvgIpc) is 2.79. The van der Waals surface area contributed by atoms with Gasteiger partial charge in [0.15, 0.2) is 0 Å². The summed E-state index contributed by atoms with van der Waals surface area (Å²) in [6.07, 6.45) is 4.48. The molecule has 1 nitrogen and oxygen atoms in total. The molecule has 0 aromatic carbocycles. The maximum absolute atomic E-state index is 3.61. The fourth-order valence-corrected chi connectivity index (χ4v) is 4.02. The minimum Gasteiger partial charge on any atom is -0.316 e. The standard InChI is InChI=1S/C12H23NS/c1-10(2)7-13-8-11-6-12(11)4-3-5-14-9-12/h10-11,13H,3-9H2,1-2H3. The molecular formula is C12H23NS. The highest BCUT2D eigenvalue weighted by Crippen LogP contribution is 2.59. The highest BCUT2D eigenvalue weighted by atomic mass is 32.2. The molecule has 0 aromatic rings. The smallest absolute Gasteiger partial charge is 0.000755 e. The summed E-state index contributed by atoms with van der Waals surface area (Å²) in [5.41, 5.74) is 0.785. The van der Waals surface area contributed by atoms with Gasteiger partial charge in [0.2, 0.25) is 0 Å². The molecule has 82 valence electrons. The quantitative estimate of drug-likeness (QED) is 0.770. The van der Waals surface area contributed by atoms with Crippen molar-refractivity contribution < 1.29 is 0 Å². The maximum atomic E-state index is 3.61. The van der Waals surface area contributed by atoms with Crippen LogP contribution in [0, 0.1) is 17.3 Å². The summed E-state index contributed by atoms with van der Waals surface area (Å²) in [5, 5.41) is 3.61. The summed E-state index contributed by atoms with van der Waals surface area (Å²) in [6.45, 7) is 7.04. The Labute approximate surface area is 92.4 Å². The topological polar surface area (TPSA) is 12.0 Å². The van der Waals surface area contributed by atoms with Crippen molar-refractivity contribution in [2.24, 2.45) is 17.3 Å². The third-order valence-electron chi connectivity index (χ3n) is 3.66. The van der Waals surface area contributed by atoms with E-state index in [1.54, 1.807) is 0 Å². The Bertz CT molecular complexity index is 185. The number of hydrogen-bond donors (Lipinski definition) is 1. The normalized spacial score (nSPS) is 36.6. The van der Waals surface area contributed by atoms with Crippen molar-refractivity contribution in [1.29, 1.82) is 0 Å². The largest absolute Gasteiger partial charge is 0.316 e. The van der Waals surface area contributed by atoms with E-state index in [0.29, 0.717) is 0 Å². The van der Waals surface area contributed by atoms with E-state index in [9.17, 15) is 0 Å². The molecule has 2 aliphatic rings. The third kappa shape index (κ3) is 2.46. The van der Waals surface area contributed by atoms with Crippen molar-refractivity contribution in [2.75, 3.05) is 24.6 Å². The zero-order valence-electron chi connectivity index (χ0n) is 9.51. The van der Waals surface area contributed by atoms with Crippen molar-refractivity contribution in [3.05, 3.63) is 0 Å². The van der Waals surface area contributed by atoms with Gasteiger partial charge in [-0.05, 0) is 61.1 Å². The van der Waals surface area contributed by atoms with Gasteiger partial charge in [-0.25, -0.2) is 0 Å². The summed E-state index contributed by atoms with van der Waals surface area (Å²) in [4.78, 5) is 0. The van der Waals surface area contributed by atoms with Crippen LogP contribution < -0.4 is 5.32 Å². The number of thioether (sulfide) groups is 1. The van der Waals surface area contributed by atoms with Crippen LogP contribution in [0.4, 0.5) is 0 Å². The van der Waals surface area contributed by atoms with Crippen LogP contribution in [-0.2, 0) is 0 Å². The Morgan fingerprint density at radius 3 is 3.00 bits per heavy atom. The zero-order valence-corrected chi connectivity index (χ0v) is 10.3. The van der Waals surface area contributed by atoms with E-state index < -0.39 is 0 Å². The van der Waals surface area contributed by atoms with Crippen LogP contribution >= 0.6 is 11.8 Å². The SMILES string of the molecule is CC(C)CNCC1CC12CCCSC2. The molecule has 1 N–H and O–H groups in total. The monoisotopic (exact) mass is 213 g/mol. The van der Waals surface area contributed by atoms with Crippen LogP contribution in [0.25, 0.3) is 0 Å². The summed E-state index contributed by atoms with van der Waals surface area (Å²) in [6, 6.07) is 0. The average molecular weight is 213 g/mol. The van der Waals surface area contributed by atoms with E-state index in [1.165, 1.54) is 43.9 Å². The summed E-state index contributed by atoms with van der Waals surface area (Å²) < 4.78 is 0. The van der Waals surface area contributed by atoms with E-state index in [2.05, 4.69) is 30.9 Å². The summed E-state index contributed by atoms with van der Waals surface area (Å²) >= 11 is 2.18. The second kappa shape index (κ2) is 4.44. The molecule has 1 heterocycles. The molecule has 2 atom stereocenters. The third-order valence-corrected chi connectivity index (χ3v) is 5.01. The van der Waals surface area contributed by atoms with Gasteiger partial charge in [0.25, 0.3) is 0 Å². The van der Waals surface area contributed by atoms with E-state index in [0.717, 1.165) is 17.3 Å². The van der Waals surface area contributed by atoms with Gasteiger partial charge in [-0.1, -0.05) is 13.8 Å². The van der Waals surface area contributed by atoms with Crippen molar-refractivity contribution in [1.82, 2.24) is 5.32 Å². The second-order valence-electron chi connectivity index (χ2n) is 5.47. The molecule has 2 fully saturated rings. The van der Waals surface area contributed by atoms with E-state index in [-0.39, 0.29) is 0 Å². The first-order valence-corrected chi connectivity index (χ1v) is 7.17. The van der Waals surface area contributed by atoms with Crippen molar-refractivity contribution >= 4 is 11.8 Å². The summed E-state index contributed by atoms with van der Waals surface area (Å²) in [7, 11) is 0. The van der Waals surface area contributed by atoms with E-state index in [4.69, 9.17) is 0 Å². The zero-order chi connectivity index (χ0) is 10.0. The Hall–Kier alpha value is 0.310. The van der Waals surface area contributed by atoms with Crippen molar-refractivity contribution in [3.8, 4) is 0 Å². The minimum atomic E-state index is 0.785. The van der Waals surface area contributed by atoms with Crippen molar-refractivity contribution in [2.45, 2.75) is 33.1 Å². The molecule has 1 aliphatic heterocycles. The van der Waals surface area contributed by atoms with Crippen LogP contribution in [0.5, 0.6) is 0 Å². The van der Waals surface area contributed by atoms with Gasteiger partial charge in [-0.3, -0.25) is 0 Å². The lowest BCUT2D eigenvalue weighted by Crippen LogP contribution is -2.25. The van der Waals surface area contributed by atoms with Gasteiger partial charge in [-0.15, -0.1) is 0 Å². The molecular weight excluding hydrogens is 190 g/mol. The highest BCUT2D eigenvalue weighted by Gasteiger charge is 2.53. The molecule has 0 radical (unpaired) electrons. The molecule has 2 heteroatoms. The van der Waals surface area contributed by atoms with Crippen LogP contribution in [0.15, 0.2) is 0 Å². The predicted octanol–water partition coefficient (Wildman–Crippen LogP) is 2.77. The van der Waals surface area contributed by atoms with Crippen molar-refractivity contribution in [3.63, 3.8) is 0 Å². The number of rotatable bonds is 4. The maximum Gasteiger partial charge on any atom is -0.000755 e. The predicted molar refractivity (Wildman–Crippen MR) is 64.8 cm³/mol. The number of hydrogen-bond acceptors (Lipinski definition) is 2. The van der Waals surface area contributed by atoms with Gasteiger partial charge < -0.3 is 5.32 Å². The molecule has 2 unspecified atom stereocenters. The first kappa shape index (κ1) is 10.8. The first-order chi connectivity index (χ1) is 6.73. The molecule has 0 aromatic heterocycles. The molecule has 1 saturated carbocycles. The fraction of sp³-hybridized carbons (Fsp3) is 1.00. The molecule has 2 rings (SSSR count). The van der Waals surface area contributed by atoms with E-state index in [1.807, 2.05) is 0 Å². The summed E-state index contributed by atoms with van der Waals surface area (Å²) in [5.74, 6) is 4.66. The Kier molecular flexibility index (Phi) is 3.43. The van der Waals surface area contributed by atoms with Gasteiger partial charge in [0, 0.05) is 0 Å². The van der Waals surface area contributed by atoms with Crippen LogP contribution in [-0.4, -0.2) is 24.6 Å². The Morgan fingerprint density at radius 1 is 1.50 bits per heavy atom. The Balaban J connectivity index is 1.65. The van der Waals surface area contributed by atoms with Gasteiger partial charge in [0.05, 0.1) is 0 Å². The fourth-order valence-electron chi connectivity index (χ4n) is 2.62. The van der Waals surface area contributed by atoms with E-state index >= 15 is 0 Å². The second-order valence-corrected chi connectivity index (χ2v) is 6.58. The Morgan fingerprint density at radius 2 is 2.36 bits per heavy atom. The molecule has 1 spiro atoms. The lowest BCUT2D eigenvalue weighted by atomic mass is 9.99. The molecule has 1 aliphatic carbocycles. The molecule has 1 saturated heterocycles. The first-order valence-electron chi connectivity index (χ1n) is 6.01.